The summed E-state index contributed by atoms with van der Waals surface area (Å²) in [5.41, 5.74) is 0.434. The lowest BCUT2D eigenvalue weighted by atomic mass is 10.1. The molecule has 2 rings (SSSR count). The summed E-state index contributed by atoms with van der Waals surface area (Å²) >= 11 is 0. The molecule has 0 N–H and O–H groups in total. The molecule has 1 aromatic heterocycles. The van der Waals surface area contributed by atoms with Crippen molar-refractivity contribution in [3.8, 4) is 0 Å². The Bertz CT molecular complexity index is 502. The molecular weight excluding hydrogens is 235 g/mol. The van der Waals surface area contributed by atoms with Crippen molar-refractivity contribution in [2.24, 2.45) is 0 Å². The minimum atomic E-state index is -0.597. The predicted octanol–water partition coefficient (Wildman–Crippen LogP) is 3.21. The summed E-state index contributed by atoms with van der Waals surface area (Å²) in [6.07, 6.45) is 0.950. The lowest BCUT2D eigenvalue weighted by Crippen LogP contribution is -2.20. The van der Waals surface area contributed by atoms with E-state index in [1.54, 1.807) is 25.3 Å². The number of halogens is 1. The van der Waals surface area contributed by atoms with E-state index in [0.29, 0.717) is 11.3 Å². The molecule has 18 heavy (non-hydrogen) atoms. The number of rotatable bonds is 5. The van der Waals surface area contributed by atoms with Crippen LogP contribution in [0.25, 0.3) is 0 Å². The smallest absolute Gasteiger partial charge is 0.191 e. The molecule has 0 aliphatic rings. The second-order valence-electron chi connectivity index (χ2n) is 3.90. The average molecular weight is 248 g/mol. The van der Waals surface area contributed by atoms with E-state index in [2.05, 4.69) is 0 Å². The average Bonchev–Trinajstić information content (AvgIpc) is 2.89. The zero-order valence-corrected chi connectivity index (χ0v) is 9.93. The summed E-state index contributed by atoms with van der Waals surface area (Å²) < 4.78 is 23.2. The molecule has 0 aliphatic carbocycles. The molecule has 0 bridgehead atoms. The van der Waals surface area contributed by atoms with Gasteiger partial charge in [-0.25, -0.2) is 4.39 Å². The van der Waals surface area contributed by atoms with E-state index in [1.807, 2.05) is 0 Å². The Labute approximate surface area is 104 Å². The van der Waals surface area contributed by atoms with E-state index < -0.39 is 6.10 Å². The number of ether oxygens (including phenoxy) is 1. The van der Waals surface area contributed by atoms with Gasteiger partial charge in [-0.2, -0.15) is 0 Å². The van der Waals surface area contributed by atoms with Crippen molar-refractivity contribution in [2.45, 2.75) is 19.6 Å². The predicted molar refractivity (Wildman–Crippen MR) is 63.7 cm³/mol. The fourth-order valence-electron chi connectivity index (χ4n) is 1.53. The maximum absolute atomic E-state index is 12.7. The third kappa shape index (κ3) is 3.05. The summed E-state index contributed by atoms with van der Waals surface area (Å²) in [6, 6.07) is 8.94. The Balaban J connectivity index is 1.94. The number of hydrogen-bond donors (Lipinski definition) is 0. The molecule has 1 aromatic carbocycles. The number of benzene rings is 1. The van der Waals surface area contributed by atoms with Crippen molar-refractivity contribution in [1.82, 2.24) is 0 Å². The van der Waals surface area contributed by atoms with Crippen LogP contribution in [-0.4, -0.2) is 11.9 Å². The third-order valence-corrected chi connectivity index (χ3v) is 2.55. The number of carbonyl (C=O) groups is 1. The highest BCUT2D eigenvalue weighted by molar-refractivity contribution is 5.99. The quantitative estimate of drug-likeness (QED) is 0.763. The second-order valence-corrected chi connectivity index (χ2v) is 3.90. The van der Waals surface area contributed by atoms with Gasteiger partial charge < -0.3 is 9.15 Å². The Kier molecular flexibility index (Phi) is 3.89. The molecule has 0 amide bonds. The van der Waals surface area contributed by atoms with Gasteiger partial charge in [0.25, 0.3) is 0 Å². The van der Waals surface area contributed by atoms with Crippen LogP contribution in [0.2, 0.25) is 0 Å². The van der Waals surface area contributed by atoms with Crippen LogP contribution in [0.15, 0.2) is 47.1 Å². The normalized spacial score (nSPS) is 12.3. The Morgan fingerprint density at radius 3 is 2.67 bits per heavy atom. The SMILES string of the molecule is CC(OCc1ccco1)C(=O)c1ccc(F)cc1. The molecule has 0 saturated heterocycles. The van der Waals surface area contributed by atoms with E-state index >= 15 is 0 Å². The van der Waals surface area contributed by atoms with Gasteiger partial charge in [-0.15, -0.1) is 0 Å². The standard InChI is InChI=1S/C14H13FO3/c1-10(18-9-13-3-2-8-17-13)14(16)11-4-6-12(15)7-5-11/h2-8,10H,9H2,1H3. The molecule has 0 saturated carbocycles. The molecule has 1 unspecified atom stereocenters. The summed E-state index contributed by atoms with van der Waals surface area (Å²) in [4.78, 5) is 11.9. The lowest BCUT2D eigenvalue weighted by Gasteiger charge is -2.10. The summed E-state index contributed by atoms with van der Waals surface area (Å²) in [7, 11) is 0. The summed E-state index contributed by atoms with van der Waals surface area (Å²) in [6.45, 7) is 1.90. The molecule has 4 heteroatoms. The van der Waals surface area contributed by atoms with Gasteiger partial charge in [-0.05, 0) is 43.3 Å². The van der Waals surface area contributed by atoms with Crippen molar-refractivity contribution in [2.75, 3.05) is 0 Å². The van der Waals surface area contributed by atoms with Crippen molar-refractivity contribution in [3.63, 3.8) is 0 Å². The first-order valence-electron chi connectivity index (χ1n) is 5.60. The molecule has 3 nitrogen and oxygen atoms in total. The van der Waals surface area contributed by atoms with Crippen molar-refractivity contribution >= 4 is 5.78 Å². The maximum atomic E-state index is 12.7. The van der Waals surface area contributed by atoms with Gasteiger partial charge in [-0.1, -0.05) is 0 Å². The monoisotopic (exact) mass is 248 g/mol. The molecule has 2 aromatic rings. The van der Waals surface area contributed by atoms with Gasteiger partial charge in [0, 0.05) is 5.56 Å². The number of furan rings is 1. The van der Waals surface area contributed by atoms with E-state index in [1.165, 1.54) is 24.3 Å². The zero-order chi connectivity index (χ0) is 13.0. The minimum Gasteiger partial charge on any atom is -0.467 e. The van der Waals surface area contributed by atoms with Crippen molar-refractivity contribution < 1.29 is 18.3 Å². The molecule has 1 heterocycles. The van der Waals surface area contributed by atoms with Crippen LogP contribution in [0.3, 0.4) is 0 Å². The minimum absolute atomic E-state index is 0.179. The molecule has 1 atom stereocenters. The lowest BCUT2D eigenvalue weighted by molar-refractivity contribution is 0.0357. The first-order chi connectivity index (χ1) is 8.66. The first kappa shape index (κ1) is 12.5. The van der Waals surface area contributed by atoms with Crippen LogP contribution >= 0.6 is 0 Å². The molecular formula is C14H13FO3. The largest absolute Gasteiger partial charge is 0.467 e. The van der Waals surface area contributed by atoms with Gasteiger partial charge in [0.05, 0.1) is 6.26 Å². The first-order valence-corrected chi connectivity index (χ1v) is 5.60. The molecule has 0 spiro atoms. The topological polar surface area (TPSA) is 39.4 Å². The van der Waals surface area contributed by atoms with Crippen LogP contribution in [0.5, 0.6) is 0 Å². The highest BCUT2D eigenvalue weighted by atomic mass is 19.1. The van der Waals surface area contributed by atoms with Crippen LogP contribution in [-0.2, 0) is 11.3 Å². The highest BCUT2D eigenvalue weighted by Crippen LogP contribution is 2.10. The summed E-state index contributed by atoms with van der Waals surface area (Å²) in [5.74, 6) is 0.117. The number of ketones is 1. The van der Waals surface area contributed by atoms with Crippen LogP contribution in [0, 0.1) is 5.82 Å². The van der Waals surface area contributed by atoms with Gasteiger partial charge in [-0.3, -0.25) is 4.79 Å². The second kappa shape index (κ2) is 5.60. The fraction of sp³-hybridized carbons (Fsp3) is 0.214. The third-order valence-electron chi connectivity index (χ3n) is 2.55. The molecule has 94 valence electrons. The zero-order valence-electron chi connectivity index (χ0n) is 9.93. The Morgan fingerprint density at radius 1 is 1.33 bits per heavy atom. The molecule has 0 aliphatic heterocycles. The van der Waals surface area contributed by atoms with Gasteiger partial charge in [0.1, 0.15) is 24.3 Å². The van der Waals surface area contributed by atoms with E-state index in [0.717, 1.165) is 0 Å². The fourth-order valence-corrected chi connectivity index (χ4v) is 1.53. The summed E-state index contributed by atoms with van der Waals surface area (Å²) in [5, 5.41) is 0. The van der Waals surface area contributed by atoms with Crippen LogP contribution in [0.1, 0.15) is 23.0 Å². The van der Waals surface area contributed by atoms with Crippen molar-refractivity contribution in [1.29, 1.82) is 0 Å². The van der Waals surface area contributed by atoms with E-state index in [9.17, 15) is 9.18 Å². The van der Waals surface area contributed by atoms with Crippen molar-refractivity contribution in [3.05, 3.63) is 59.8 Å². The van der Waals surface area contributed by atoms with Gasteiger partial charge in [0.2, 0.25) is 0 Å². The van der Waals surface area contributed by atoms with Crippen LogP contribution in [0.4, 0.5) is 4.39 Å². The number of carbonyl (C=O) groups excluding carboxylic acids is 1. The Morgan fingerprint density at radius 2 is 2.06 bits per heavy atom. The highest BCUT2D eigenvalue weighted by Gasteiger charge is 2.16. The van der Waals surface area contributed by atoms with Gasteiger partial charge in [0.15, 0.2) is 5.78 Å². The number of Topliss-reactive ketones (excluding diaryl/α,β-unsaturated/α-hetero) is 1. The molecule has 0 radical (unpaired) electrons. The maximum Gasteiger partial charge on any atom is 0.191 e. The molecule has 0 fully saturated rings. The van der Waals surface area contributed by atoms with Gasteiger partial charge >= 0.3 is 0 Å². The number of hydrogen-bond acceptors (Lipinski definition) is 3. The van der Waals surface area contributed by atoms with E-state index in [-0.39, 0.29) is 18.2 Å². The van der Waals surface area contributed by atoms with Crippen LogP contribution < -0.4 is 0 Å². The Hall–Kier alpha value is -1.94. The van der Waals surface area contributed by atoms with E-state index in [4.69, 9.17) is 9.15 Å².